The number of aryl methyl sites for hydroxylation is 1. The lowest BCUT2D eigenvalue weighted by Crippen LogP contribution is -2.18. The summed E-state index contributed by atoms with van der Waals surface area (Å²) in [6.07, 6.45) is 12.4. The van der Waals surface area contributed by atoms with Crippen molar-refractivity contribution in [1.82, 2.24) is 0 Å². The van der Waals surface area contributed by atoms with Crippen molar-refractivity contribution < 1.29 is 0 Å². The van der Waals surface area contributed by atoms with Crippen LogP contribution >= 0.6 is 0 Å². The second kappa shape index (κ2) is 12.0. The molecule has 0 amide bonds. The van der Waals surface area contributed by atoms with E-state index in [1.807, 2.05) is 0 Å². The van der Waals surface area contributed by atoms with Crippen LogP contribution in [0.25, 0.3) is 16.8 Å². The van der Waals surface area contributed by atoms with E-state index in [9.17, 15) is 0 Å². The number of hydrogen-bond acceptors (Lipinski definition) is 1. The first-order valence-corrected chi connectivity index (χ1v) is 16.3. The minimum Gasteiger partial charge on any atom is -0.310 e. The SMILES string of the molecule is Cc1ccc(N(c2ccccc2)c2c3c(c(C(C)C4=CCCCC4)c4ccc(C(C)C)cc24)C=C(C(C)C)CC3)cc1. The van der Waals surface area contributed by atoms with Crippen molar-refractivity contribution in [2.45, 2.75) is 91.9 Å². The molecule has 0 radical (unpaired) electrons. The fourth-order valence-electron chi connectivity index (χ4n) is 7.19. The van der Waals surface area contributed by atoms with E-state index in [4.69, 9.17) is 0 Å². The third kappa shape index (κ3) is 5.35. The first-order chi connectivity index (χ1) is 20.3. The minimum absolute atomic E-state index is 0.410. The Morgan fingerprint density at radius 3 is 2.07 bits per heavy atom. The van der Waals surface area contributed by atoms with Gasteiger partial charge in [0.1, 0.15) is 0 Å². The molecule has 42 heavy (non-hydrogen) atoms. The molecule has 1 unspecified atom stereocenters. The average Bonchev–Trinajstić information content (AvgIpc) is 3.01. The smallest absolute Gasteiger partial charge is 0.0578 e. The molecule has 2 aliphatic carbocycles. The highest BCUT2D eigenvalue weighted by Gasteiger charge is 2.30. The molecule has 0 aromatic heterocycles. The molecule has 0 bridgehead atoms. The van der Waals surface area contributed by atoms with E-state index in [1.54, 1.807) is 16.7 Å². The van der Waals surface area contributed by atoms with Crippen LogP contribution in [0.4, 0.5) is 17.1 Å². The first-order valence-electron chi connectivity index (χ1n) is 16.3. The molecule has 0 heterocycles. The highest BCUT2D eigenvalue weighted by Crippen LogP contribution is 2.50. The minimum atomic E-state index is 0.410. The van der Waals surface area contributed by atoms with E-state index >= 15 is 0 Å². The van der Waals surface area contributed by atoms with Crippen molar-refractivity contribution in [2.75, 3.05) is 4.90 Å². The van der Waals surface area contributed by atoms with Gasteiger partial charge in [-0.3, -0.25) is 0 Å². The van der Waals surface area contributed by atoms with Crippen LogP contribution < -0.4 is 4.90 Å². The monoisotopic (exact) mass is 553 g/mol. The Morgan fingerprint density at radius 2 is 1.40 bits per heavy atom. The summed E-state index contributed by atoms with van der Waals surface area (Å²) in [6, 6.07) is 27.5. The number of hydrogen-bond donors (Lipinski definition) is 0. The molecule has 6 rings (SSSR count). The van der Waals surface area contributed by atoms with E-state index in [2.05, 4.69) is 131 Å². The molecule has 0 N–H and O–H groups in total. The van der Waals surface area contributed by atoms with Gasteiger partial charge in [-0.2, -0.15) is 0 Å². The summed E-state index contributed by atoms with van der Waals surface area (Å²) in [6.45, 7) is 14.0. The fourth-order valence-corrected chi connectivity index (χ4v) is 7.19. The van der Waals surface area contributed by atoms with Gasteiger partial charge in [0.15, 0.2) is 0 Å². The van der Waals surface area contributed by atoms with Gasteiger partial charge in [0.25, 0.3) is 0 Å². The molecule has 1 heteroatoms. The average molecular weight is 554 g/mol. The summed E-state index contributed by atoms with van der Waals surface area (Å²) in [5.41, 5.74) is 14.3. The molecule has 1 nitrogen and oxygen atoms in total. The Hall–Kier alpha value is -3.58. The van der Waals surface area contributed by atoms with Crippen molar-refractivity contribution in [2.24, 2.45) is 5.92 Å². The second-order valence-corrected chi connectivity index (χ2v) is 13.2. The Bertz CT molecular complexity index is 1630. The Kier molecular flexibility index (Phi) is 8.13. The molecule has 0 saturated carbocycles. The zero-order valence-electron chi connectivity index (χ0n) is 26.5. The zero-order valence-corrected chi connectivity index (χ0v) is 26.5. The van der Waals surface area contributed by atoms with Gasteiger partial charge in [-0.05, 0) is 115 Å². The van der Waals surface area contributed by atoms with Crippen LogP contribution in [-0.2, 0) is 6.42 Å². The summed E-state index contributed by atoms with van der Waals surface area (Å²) < 4.78 is 0. The van der Waals surface area contributed by atoms with Crippen LogP contribution in [0.1, 0.15) is 106 Å². The second-order valence-electron chi connectivity index (χ2n) is 13.2. The van der Waals surface area contributed by atoms with Crippen LogP contribution in [0.2, 0.25) is 0 Å². The molecule has 4 aromatic rings. The van der Waals surface area contributed by atoms with Crippen molar-refractivity contribution in [3.05, 3.63) is 118 Å². The van der Waals surface area contributed by atoms with Crippen LogP contribution in [0.15, 0.2) is 90.0 Å². The van der Waals surface area contributed by atoms with E-state index in [1.165, 1.54) is 75.8 Å². The maximum Gasteiger partial charge on any atom is 0.0578 e. The Morgan fingerprint density at radius 1 is 0.667 bits per heavy atom. The maximum atomic E-state index is 2.59. The predicted octanol–water partition coefficient (Wildman–Crippen LogP) is 12.3. The molecule has 0 saturated heterocycles. The van der Waals surface area contributed by atoms with Gasteiger partial charge >= 0.3 is 0 Å². The standard InChI is InChI=1S/C41H47N/c1-27(2)32-20-24-37-38(25-32)40(30(6)31-13-9-7-10-14-31)36-23-19-33(28(3)4)26-39(36)41(37)42(34-15-11-8-12-16-34)35-21-17-29(5)18-22-35/h8,11-13,15-19,21-23,25-28,30H,7,9-10,14,20,24H2,1-6H3. The normalized spacial score (nSPS) is 15.9. The fraction of sp³-hybridized carbons (Fsp3) is 0.366. The summed E-state index contributed by atoms with van der Waals surface area (Å²) in [7, 11) is 0. The third-order valence-electron chi connectivity index (χ3n) is 9.74. The molecule has 0 aliphatic heterocycles. The van der Waals surface area contributed by atoms with Gasteiger partial charge in [0.05, 0.1) is 5.69 Å². The lowest BCUT2D eigenvalue weighted by Gasteiger charge is -2.35. The number of nitrogens with zero attached hydrogens (tertiary/aromatic N) is 1. The van der Waals surface area contributed by atoms with Gasteiger partial charge in [0, 0.05) is 22.7 Å². The predicted molar refractivity (Wildman–Crippen MR) is 184 cm³/mol. The zero-order chi connectivity index (χ0) is 29.4. The summed E-state index contributed by atoms with van der Waals surface area (Å²) >= 11 is 0. The van der Waals surface area contributed by atoms with Crippen LogP contribution in [0.3, 0.4) is 0 Å². The topological polar surface area (TPSA) is 3.24 Å². The maximum absolute atomic E-state index is 2.59. The number of para-hydroxylation sites is 1. The van der Waals surface area contributed by atoms with E-state index < -0.39 is 0 Å². The van der Waals surface area contributed by atoms with Gasteiger partial charge in [-0.1, -0.05) is 106 Å². The number of allylic oxidation sites excluding steroid dienone is 3. The van der Waals surface area contributed by atoms with E-state index in [-0.39, 0.29) is 0 Å². The van der Waals surface area contributed by atoms with Gasteiger partial charge in [-0.15, -0.1) is 0 Å². The third-order valence-corrected chi connectivity index (χ3v) is 9.74. The Labute approximate surface area is 254 Å². The molecule has 4 aromatic carbocycles. The summed E-state index contributed by atoms with van der Waals surface area (Å²) in [5.74, 6) is 1.44. The summed E-state index contributed by atoms with van der Waals surface area (Å²) in [4.78, 5) is 2.55. The molecule has 0 fully saturated rings. The van der Waals surface area contributed by atoms with Crippen LogP contribution in [0, 0.1) is 12.8 Å². The number of anilines is 3. The molecule has 1 atom stereocenters. The van der Waals surface area contributed by atoms with Crippen molar-refractivity contribution >= 4 is 33.9 Å². The van der Waals surface area contributed by atoms with Crippen molar-refractivity contribution in [1.29, 1.82) is 0 Å². The summed E-state index contributed by atoms with van der Waals surface area (Å²) in [5, 5.41) is 2.81. The number of benzene rings is 4. The van der Waals surface area contributed by atoms with E-state index in [0.717, 1.165) is 12.8 Å². The van der Waals surface area contributed by atoms with Crippen LogP contribution in [0.5, 0.6) is 0 Å². The largest absolute Gasteiger partial charge is 0.310 e. The van der Waals surface area contributed by atoms with Gasteiger partial charge < -0.3 is 4.90 Å². The lowest BCUT2D eigenvalue weighted by atomic mass is 9.75. The molecule has 216 valence electrons. The lowest BCUT2D eigenvalue weighted by molar-refractivity contribution is 0.657. The molecule has 0 spiro atoms. The van der Waals surface area contributed by atoms with Gasteiger partial charge in [-0.25, -0.2) is 0 Å². The Balaban J connectivity index is 1.74. The quantitative estimate of drug-likeness (QED) is 0.206. The van der Waals surface area contributed by atoms with Crippen molar-refractivity contribution in [3.63, 3.8) is 0 Å². The van der Waals surface area contributed by atoms with Gasteiger partial charge in [0.2, 0.25) is 0 Å². The molecular weight excluding hydrogens is 506 g/mol. The highest BCUT2D eigenvalue weighted by atomic mass is 15.1. The highest BCUT2D eigenvalue weighted by molar-refractivity contribution is 6.05. The number of fused-ring (bicyclic) bond motifs is 2. The number of rotatable bonds is 7. The first kappa shape index (κ1) is 28.5. The molecule has 2 aliphatic rings. The van der Waals surface area contributed by atoms with E-state index in [0.29, 0.717) is 17.8 Å². The van der Waals surface area contributed by atoms with Crippen molar-refractivity contribution in [3.8, 4) is 0 Å². The van der Waals surface area contributed by atoms with Crippen LogP contribution in [-0.4, -0.2) is 0 Å². The molecular formula is C41H47N.